The third kappa shape index (κ3) is 1.22. The second-order valence-electron chi connectivity index (χ2n) is 2.69. The Bertz CT molecular complexity index is 512. The minimum absolute atomic E-state index is 0.257. The van der Waals surface area contributed by atoms with Crippen LogP contribution < -0.4 is 4.85 Å². The van der Waals surface area contributed by atoms with Gasteiger partial charge in [-0.15, -0.1) is 0 Å². The van der Waals surface area contributed by atoms with Gasteiger partial charge in [-0.05, 0) is 11.0 Å². The van der Waals surface area contributed by atoms with Crippen molar-refractivity contribution in [1.29, 1.82) is 0 Å². The molecule has 14 heavy (non-hydrogen) atoms. The van der Waals surface area contributed by atoms with Crippen molar-refractivity contribution in [1.82, 2.24) is 5.10 Å². The van der Waals surface area contributed by atoms with Gasteiger partial charge in [0.1, 0.15) is 0 Å². The summed E-state index contributed by atoms with van der Waals surface area (Å²) in [4.78, 5) is 9.95. The number of nitro groups is 1. The van der Waals surface area contributed by atoms with Gasteiger partial charge in [0.05, 0.1) is 11.5 Å². The summed E-state index contributed by atoms with van der Waals surface area (Å²) in [7, 11) is 0. The van der Waals surface area contributed by atoms with Crippen LogP contribution in [0.15, 0.2) is 30.3 Å². The number of benzene rings is 1. The SMILES string of the molecule is O=[N+]([O-])c1cc2ccccc2[n+]([O-])n1. The smallest absolute Gasteiger partial charge is 0.438 e. The predicted molar refractivity (Wildman–Crippen MR) is 47.4 cm³/mol. The van der Waals surface area contributed by atoms with Gasteiger partial charge in [-0.25, -0.2) is 0 Å². The summed E-state index contributed by atoms with van der Waals surface area (Å²) in [6, 6.07) is 7.82. The summed E-state index contributed by atoms with van der Waals surface area (Å²) in [5, 5.41) is 25.4. The molecule has 0 saturated carbocycles. The largest absolute Gasteiger partial charge is 0.576 e. The lowest BCUT2D eigenvalue weighted by molar-refractivity contribution is -0.648. The van der Waals surface area contributed by atoms with Gasteiger partial charge in [0.25, 0.3) is 5.52 Å². The first-order valence-electron chi connectivity index (χ1n) is 3.82. The Kier molecular flexibility index (Phi) is 1.74. The maximum absolute atomic E-state index is 11.2. The van der Waals surface area contributed by atoms with E-state index in [4.69, 9.17) is 0 Å². The molecule has 70 valence electrons. The fourth-order valence-corrected chi connectivity index (χ4v) is 1.19. The molecule has 0 unspecified atom stereocenters. The zero-order valence-electron chi connectivity index (χ0n) is 6.95. The number of hydrogen-bond acceptors (Lipinski definition) is 4. The number of hydrogen-bond donors (Lipinski definition) is 0. The third-order valence-electron chi connectivity index (χ3n) is 1.81. The molecule has 0 amide bonds. The van der Waals surface area contributed by atoms with Crippen LogP contribution in [-0.4, -0.2) is 10.0 Å². The Labute approximate surface area is 78.1 Å². The van der Waals surface area contributed by atoms with Crippen LogP contribution in [0.3, 0.4) is 0 Å². The minimum Gasteiger partial charge on any atom is -0.576 e. The number of aromatic nitrogens is 2. The van der Waals surface area contributed by atoms with Crippen molar-refractivity contribution in [2.45, 2.75) is 0 Å². The highest BCUT2D eigenvalue weighted by molar-refractivity contribution is 5.76. The van der Waals surface area contributed by atoms with Crippen LogP contribution >= 0.6 is 0 Å². The highest BCUT2D eigenvalue weighted by Gasteiger charge is 2.17. The van der Waals surface area contributed by atoms with E-state index in [1.54, 1.807) is 24.3 Å². The van der Waals surface area contributed by atoms with Crippen molar-refractivity contribution in [3.63, 3.8) is 0 Å². The molecule has 0 aliphatic rings. The van der Waals surface area contributed by atoms with E-state index in [9.17, 15) is 15.3 Å². The molecule has 0 saturated heterocycles. The Balaban J connectivity index is 2.78. The topological polar surface area (TPSA) is 83.0 Å². The average Bonchev–Trinajstić information content (AvgIpc) is 2.17. The average molecular weight is 191 g/mol. The van der Waals surface area contributed by atoms with E-state index in [0.29, 0.717) is 10.9 Å². The van der Waals surface area contributed by atoms with E-state index < -0.39 is 10.7 Å². The molecule has 0 bridgehead atoms. The van der Waals surface area contributed by atoms with E-state index in [2.05, 4.69) is 5.10 Å². The molecule has 2 rings (SSSR count). The quantitative estimate of drug-likeness (QED) is 0.288. The fraction of sp³-hybridized carbons (Fsp3) is 0. The molecule has 0 radical (unpaired) electrons. The van der Waals surface area contributed by atoms with Crippen molar-refractivity contribution in [3.8, 4) is 0 Å². The summed E-state index contributed by atoms with van der Waals surface area (Å²) < 4.78 is 0. The van der Waals surface area contributed by atoms with Gasteiger partial charge in [-0.1, -0.05) is 12.1 Å². The van der Waals surface area contributed by atoms with E-state index in [-0.39, 0.29) is 4.85 Å². The van der Waals surface area contributed by atoms with Crippen molar-refractivity contribution < 1.29 is 9.77 Å². The zero-order valence-corrected chi connectivity index (χ0v) is 6.95. The number of para-hydroxylation sites is 1. The zero-order chi connectivity index (χ0) is 10.1. The van der Waals surface area contributed by atoms with Crippen LogP contribution in [0.4, 0.5) is 5.82 Å². The number of rotatable bonds is 1. The summed E-state index contributed by atoms with van der Waals surface area (Å²) in [5.41, 5.74) is 0.318. The molecule has 6 nitrogen and oxygen atoms in total. The molecule has 1 aromatic carbocycles. The maximum atomic E-state index is 11.2. The molecular weight excluding hydrogens is 186 g/mol. The molecule has 0 aliphatic heterocycles. The summed E-state index contributed by atoms with van der Waals surface area (Å²) in [6.07, 6.45) is 0. The minimum atomic E-state index is -0.694. The first-order valence-corrected chi connectivity index (χ1v) is 3.82. The van der Waals surface area contributed by atoms with E-state index >= 15 is 0 Å². The molecule has 0 N–H and O–H groups in total. The van der Waals surface area contributed by atoms with Crippen molar-refractivity contribution in [3.05, 3.63) is 45.7 Å². The number of nitrogens with zero attached hydrogens (tertiary/aromatic N) is 3. The number of fused-ring (bicyclic) bond motifs is 1. The van der Waals surface area contributed by atoms with Crippen molar-refractivity contribution >= 4 is 16.7 Å². The molecule has 0 aliphatic carbocycles. The van der Waals surface area contributed by atoms with Crippen molar-refractivity contribution in [2.75, 3.05) is 0 Å². The third-order valence-corrected chi connectivity index (χ3v) is 1.81. The Hall–Kier alpha value is -2.24. The van der Waals surface area contributed by atoms with Gasteiger partial charge < -0.3 is 15.3 Å². The molecule has 6 heteroatoms. The molecule has 0 atom stereocenters. The van der Waals surface area contributed by atoms with Crippen LogP contribution in [-0.2, 0) is 0 Å². The first-order chi connectivity index (χ1) is 6.68. The second-order valence-corrected chi connectivity index (χ2v) is 2.69. The molecule has 0 fully saturated rings. The van der Waals surface area contributed by atoms with E-state index in [1.807, 2.05) is 0 Å². The lowest BCUT2D eigenvalue weighted by Crippen LogP contribution is -2.32. The highest BCUT2D eigenvalue weighted by Crippen LogP contribution is 2.13. The summed E-state index contributed by atoms with van der Waals surface area (Å²) in [5.74, 6) is -0.446. The van der Waals surface area contributed by atoms with Gasteiger partial charge in [0, 0.05) is 10.9 Å². The van der Waals surface area contributed by atoms with Gasteiger partial charge in [-0.2, -0.15) is 0 Å². The van der Waals surface area contributed by atoms with Gasteiger partial charge in [-0.3, -0.25) is 0 Å². The molecule has 1 heterocycles. The highest BCUT2D eigenvalue weighted by atomic mass is 16.6. The normalized spacial score (nSPS) is 10.3. The lowest BCUT2D eigenvalue weighted by Gasteiger charge is -1.94. The first kappa shape index (κ1) is 8.36. The predicted octanol–water partition coefficient (Wildman–Crippen LogP) is 0.776. The van der Waals surface area contributed by atoms with Gasteiger partial charge in [0.15, 0.2) is 0 Å². The lowest BCUT2D eigenvalue weighted by atomic mass is 10.2. The monoisotopic (exact) mass is 191 g/mol. The van der Waals surface area contributed by atoms with Crippen LogP contribution in [0.25, 0.3) is 10.9 Å². The van der Waals surface area contributed by atoms with Gasteiger partial charge in [0.2, 0.25) is 5.10 Å². The Morgan fingerprint density at radius 3 is 2.79 bits per heavy atom. The van der Waals surface area contributed by atoms with Crippen LogP contribution in [0.2, 0.25) is 0 Å². The second kappa shape index (κ2) is 2.91. The molecular formula is C8H5N3O3. The molecule has 1 aromatic heterocycles. The standard InChI is InChI=1S/C8H5N3O3/c12-10-7-4-2-1-3-6(7)5-8(9-10)11(13)14/h1-5H. The van der Waals surface area contributed by atoms with Crippen LogP contribution in [0.1, 0.15) is 0 Å². The summed E-state index contributed by atoms with van der Waals surface area (Å²) >= 11 is 0. The van der Waals surface area contributed by atoms with Crippen LogP contribution in [0, 0.1) is 15.3 Å². The summed E-state index contributed by atoms with van der Waals surface area (Å²) in [6.45, 7) is 0. The Morgan fingerprint density at radius 2 is 2.07 bits per heavy atom. The molecule has 2 aromatic rings. The van der Waals surface area contributed by atoms with Gasteiger partial charge >= 0.3 is 5.82 Å². The van der Waals surface area contributed by atoms with E-state index in [0.717, 1.165) is 0 Å². The van der Waals surface area contributed by atoms with Crippen LogP contribution in [0.5, 0.6) is 0 Å². The van der Waals surface area contributed by atoms with Crippen molar-refractivity contribution in [2.24, 2.45) is 0 Å². The fourth-order valence-electron chi connectivity index (χ4n) is 1.19. The maximum Gasteiger partial charge on any atom is 0.438 e. The Morgan fingerprint density at radius 1 is 1.36 bits per heavy atom. The van der Waals surface area contributed by atoms with E-state index in [1.165, 1.54) is 6.07 Å². The molecule has 0 spiro atoms.